The number of carbonyl (C=O) groups excluding carboxylic acids is 1. The second-order valence-electron chi connectivity index (χ2n) is 8.43. The molecule has 0 fully saturated rings. The molecule has 1 aromatic rings. The summed E-state index contributed by atoms with van der Waals surface area (Å²) in [6.07, 6.45) is 2.23. The lowest BCUT2D eigenvalue weighted by atomic mass is 10.2. The minimum Gasteiger partial charge on any atom is -0.466 e. The summed E-state index contributed by atoms with van der Waals surface area (Å²) < 4.78 is 39.3. The zero-order valence-electron chi connectivity index (χ0n) is 18.1. The van der Waals surface area contributed by atoms with Gasteiger partial charge in [-0.25, -0.2) is 17.9 Å². The lowest BCUT2D eigenvalue weighted by Crippen LogP contribution is -2.50. The molecule has 0 aromatic heterocycles. The van der Waals surface area contributed by atoms with Gasteiger partial charge >= 0.3 is 5.97 Å². The van der Waals surface area contributed by atoms with E-state index < -0.39 is 36.5 Å². The van der Waals surface area contributed by atoms with E-state index in [1.807, 2.05) is 13.8 Å². The largest absolute Gasteiger partial charge is 0.466 e. The number of hydrogen-bond donors (Lipinski definition) is 1. The molecule has 0 heterocycles. The van der Waals surface area contributed by atoms with Crippen molar-refractivity contribution in [2.24, 2.45) is 0 Å². The maximum absolute atomic E-state index is 12.8. The topological polar surface area (TPSA) is 81.7 Å². The lowest BCUT2D eigenvalue weighted by Gasteiger charge is -2.40. The maximum Gasteiger partial charge on any atom is 0.330 e. The SMILES string of the molecule is COC(=O)/C=C/[C@@H](NS(=O)(=O)c1ccc(C)cc1)[C@@H](C)O[Si](C)(C)C(C)(C)C. The smallest absolute Gasteiger partial charge is 0.330 e. The van der Waals surface area contributed by atoms with Gasteiger partial charge in [-0.15, -0.1) is 0 Å². The van der Waals surface area contributed by atoms with Gasteiger partial charge in [0.2, 0.25) is 10.0 Å². The molecule has 2 atom stereocenters. The average molecular weight is 428 g/mol. The molecule has 28 heavy (non-hydrogen) atoms. The van der Waals surface area contributed by atoms with Crippen molar-refractivity contribution < 1.29 is 22.4 Å². The van der Waals surface area contributed by atoms with Crippen LogP contribution in [-0.4, -0.2) is 42.0 Å². The van der Waals surface area contributed by atoms with Crippen LogP contribution < -0.4 is 4.72 Å². The zero-order chi connectivity index (χ0) is 21.8. The molecule has 0 unspecified atom stereocenters. The van der Waals surface area contributed by atoms with Crippen molar-refractivity contribution in [3.63, 3.8) is 0 Å². The highest BCUT2D eigenvalue weighted by Crippen LogP contribution is 2.37. The number of benzene rings is 1. The van der Waals surface area contributed by atoms with E-state index in [0.717, 1.165) is 5.56 Å². The Morgan fingerprint density at radius 1 is 1.18 bits per heavy atom. The summed E-state index contributed by atoms with van der Waals surface area (Å²) in [6.45, 7) is 14.2. The van der Waals surface area contributed by atoms with E-state index in [1.54, 1.807) is 24.3 Å². The van der Waals surface area contributed by atoms with Crippen LogP contribution in [0.1, 0.15) is 33.3 Å². The van der Waals surface area contributed by atoms with E-state index in [2.05, 4.69) is 43.3 Å². The predicted molar refractivity (Wildman–Crippen MR) is 114 cm³/mol. The summed E-state index contributed by atoms with van der Waals surface area (Å²) >= 11 is 0. The Balaban J connectivity index is 3.16. The highest BCUT2D eigenvalue weighted by molar-refractivity contribution is 7.89. The summed E-state index contributed by atoms with van der Waals surface area (Å²) in [7, 11) is -4.66. The first-order valence-corrected chi connectivity index (χ1v) is 13.6. The van der Waals surface area contributed by atoms with Crippen LogP contribution in [0.5, 0.6) is 0 Å². The van der Waals surface area contributed by atoms with Crippen LogP contribution in [0.25, 0.3) is 0 Å². The Kier molecular flexibility index (Phi) is 8.19. The van der Waals surface area contributed by atoms with Gasteiger partial charge < -0.3 is 9.16 Å². The maximum atomic E-state index is 12.8. The summed E-state index contributed by atoms with van der Waals surface area (Å²) in [4.78, 5) is 11.7. The van der Waals surface area contributed by atoms with Gasteiger partial charge in [-0.1, -0.05) is 44.5 Å². The summed E-state index contributed by atoms with van der Waals surface area (Å²) in [6, 6.07) is 5.86. The summed E-state index contributed by atoms with van der Waals surface area (Å²) in [5, 5.41) is -0.0340. The molecular weight excluding hydrogens is 394 g/mol. The highest BCUT2D eigenvalue weighted by atomic mass is 32.2. The molecule has 0 aliphatic rings. The van der Waals surface area contributed by atoms with E-state index >= 15 is 0 Å². The van der Waals surface area contributed by atoms with E-state index in [1.165, 1.54) is 19.3 Å². The number of methoxy groups -OCH3 is 1. The van der Waals surface area contributed by atoms with Crippen molar-refractivity contribution in [1.82, 2.24) is 4.72 Å². The van der Waals surface area contributed by atoms with Gasteiger partial charge in [-0.3, -0.25) is 0 Å². The van der Waals surface area contributed by atoms with E-state index in [9.17, 15) is 13.2 Å². The van der Waals surface area contributed by atoms with Crippen molar-refractivity contribution >= 4 is 24.3 Å². The van der Waals surface area contributed by atoms with Gasteiger partial charge in [0.05, 0.1) is 24.2 Å². The highest BCUT2D eigenvalue weighted by Gasteiger charge is 2.40. The summed E-state index contributed by atoms with van der Waals surface area (Å²) in [5.41, 5.74) is 0.968. The molecule has 158 valence electrons. The van der Waals surface area contributed by atoms with Gasteiger partial charge in [-0.05, 0) is 44.1 Å². The molecule has 1 rings (SSSR count). The fourth-order valence-electron chi connectivity index (χ4n) is 2.22. The number of nitrogens with one attached hydrogen (secondary N) is 1. The number of sulfonamides is 1. The molecule has 1 N–H and O–H groups in total. The fraction of sp³-hybridized carbons (Fsp3) is 0.550. The molecule has 0 bridgehead atoms. The molecular formula is C20H33NO5SSi. The molecule has 0 aliphatic carbocycles. The molecule has 0 aliphatic heterocycles. The third-order valence-electron chi connectivity index (χ3n) is 5.06. The second-order valence-corrected chi connectivity index (χ2v) is 14.9. The lowest BCUT2D eigenvalue weighted by molar-refractivity contribution is -0.134. The van der Waals surface area contributed by atoms with Gasteiger partial charge in [0.15, 0.2) is 8.32 Å². The van der Waals surface area contributed by atoms with E-state index in [4.69, 9.17) is 4.43 Å². The van der Waals surface area contributed by atoms with Crippen molar-refractivity contribution in [3.8, 4) is 0 Å². The third kappa shape index (κ3) is 6.84. The van der Waals surface area contributed by atoms with E-state index in [-0.39, 0.29) is 9.93 Å². The molecule has 6 nitrogen and oxygen atoms in total. The number of esters is 1. The normalized spacial score (nSPS) is 15.4. The Bertz CT molecular complexity index is 795. The molecule has 8 heteroatoms. The van der Waals surface area contributed by atoms with Crippen LogP contribution in [-0.2, 0) is 24.0 Å². The molecule has 0 saturated carbocycles. The first-order chi connectivity index (χ1) is 12.7. The quantitative estimate of drug-likeness (QED) is 0.388. The first-order valence-electron chi connectivity index (χ1n) is 9.22. The molecule has 0 radical (unpaired) electrons. The average Bonchev–Trinajstić information content (AvgIpc) is 2.57. The monoisotopic (exact) mass is 427 g/mol. The number of ether oxygens (including phenoxy) is 1. The zero-order valence-corrected chi connectivity index (χ0v) is 19.9. The van der Waals surface area contributed by atoms with Crippen LogP contribution in [0.3, 0.4) is 0 Å². The molecule has 0 spiro atoms. The molecule has 1 aromatic carbocycles. The van der Waals surface area contributed by atoms with E-state index in [0.29, 0.717) is 0 Å². The van der Waals surface area contributed by atoms with Crippen molar-refractivity contribution in [1.29, 1.82) is 0 Å². The van der Waals surface area contributed by atoms with Crippen LogP contribution in [0, 0.1) is 6.92 Å². The predicted octanol–water partition coefficient (Wildman–Crippen LogP) is 3.78. The minimum absolute atomic E-state index is 0.0340. The van der Waals surface area contributed by atoms with Crippen molar-refractivity contribution in [2.75, 3.05) is 7.11 Å². The Morgan fingerprint density at radius 3 is 2.18 bits per heavy atom. The standard InChI is InChI=1S/C20H33NO5SSi/c1-15-9-11-17(12-10-15)27(23,24)21-18(13-14-19(22)25-6)16(2)26-28(7,8)20(3,4)5/h9-14,16,18,21H,1-8H3/b14-13+/t16-,18-/m1/s1. The van der Waals surface area contributed by atoms with Crippen LogP contribution >= 0.6 is 0 Å². The minimum atomic E-state index is -3.78. The van der Waals surface area contributed by atoms with Crippen molar-refractivity contribution in [2.45, 2.75) is 69.8 Å². The third-order valence-corrected chi connectivity index (χ3v) is 11.1. The van der Waals surface area contributed by atoms with Crippen LogP contribution in [0.2, 0.25) is 18.1 Å². The van der Waals surface area contributed by atoms with Gasteiger partial charge in [0, 0.05) is 6.08 Å². The van der Waals surface area contributed by atoms with Gasteiger partial charge in [0.25, 0.3) is 0 Å². The van der Waals surface area contributed by atoms with Gasteiger partial charge in [-0.2, -0.15) is 0 Å². The van der Waals surface area contributed by atoms with Crippen LogP contribution in [0.15, 0.2) is 41.3 Å². The number of rotatable bonds is 8. The number of aryl methyl sites for hydroxylation is 1. The first kappa shape index (κ1) is 24.6. The number of carbonyl (C=O) groups is 1. The Labute approximate surface area is 170 Å². The number of hydrogen-bond acceptors (Lipinski definition) is 5. The Morgan fingerprint density at radius 2 is 1.71 bits per heavy atom. The molecule has 0 amide bonds. The fourth-order valence-corrected chi connectivity index (χ4v) is 4.91. The Hall–Kier alpha value is -1.48. The van der Waals surface area contributed by atoms with Crippen molar-refractivity contribution in [3.05, 3.63) is 42.0 Å². The van der Waals surface area contributed by atoms with Gasteiger partial charge in [0.1, 0.15) is 0 Å². The summed E-state index contributed by atoms with van der Waals surface area (Å²) in [5.74, 6) is -0.556. The molecule has 0 saturated heterocycles. The van der Waals surface area contributed by atoms with Crippen LogP contribution in [0.4, 0.5) is 0 Å². The second kappa shape index (κ2) is 9.34.